The average Bonchev–Trinajstić information content (AvgIpc) is 2.64. The van der Waals surface area contributed by atoms with E-state index in [2.05, 4.69) is 5.32 Å². The number of amides is 3. The van der Waals surface area contributed by atoms with E-state index in [9.17, 15) is 14.4 Å². The summed E-state index contributed by atoms with van der Waals surface area (Å²) in [6.45, 7) is 0.565. The number of anilines is 1. The van der Waals surface area contributed by atoms with E-state index in [1.54, 1.807) is 18.2 Å². The first-order valence-electron chi connectivity index (χ1n) is 6.51. The van der Waals surface area contributed by atoms with Crippen LogP contribution in [0, 0.1) is 0 Å². The Hall–Kier alpha value is -2.21. The molecule has 0 bridgehead atoms. The predicted molar refractivity (Wildman–Crippen MR) is 74.4 cm³/mol. The summed E-state index contributed by atoms with van der Waals surface area (Å²) < 4.78 is 0. The summed E-state index contributed by atoms with van der Waals surface area (Å²) in [5, 5.41) is 2.72. The lowest BCUT2D eigenvalue weighted by atomic mass is 10.1. The zero-order chi connectivity index (χ0) is 14.7. The van der Waals surface area contributed by atoms with Gasteiger partial charge in [0.25, 0.3) is 11.8 Å². The summed E-state index contributed by atoms with van der Waals surface area (Å²) in [7, 11) is 1.44. The minimum Gasteiger partial charge on any atom is -0.330 e. The molecule has 0 spiro atoms. The Morgan fingerprint density at radius 2 is 1.90 bits per heavy atom. The number of hydrogen-bond acceptors (Lipinski definition) is 4. The number of rotatable bonds is 5. The van der Waals surface area contributed by atoms with E-state index in [1.807, 2.05) is 0 Å². The highest BCUT2D eigenvalue weighted by Gasteiger charge is 2.32. The Morgan fingerprint density at radius 1 is 1.20 bits per heavy atom. The van der Waals surface area contributed by atoms with Crippen LogP contribution in [-0.2, 0) is 4.79 Å². The van der Waals surface area contributed by atoms with Crippen LogP contribution in [0.1, 0.15) is 40.0 Å². The minimum atomic E-state index is -0.343. The second-order valence-corrected chi connectivity index (χ2v) is 4.72. The van der Waals surface area contributed by atoms with Gasteiger partial charge in [0.15, 0.2) is 0 Å². The molecule has 0 atom stereocenters. The SMILES string of the molecule is CN1C(=O)c2ccc(NC(=O)CCCCN)cc2C1=O. The van der Waals surface area contributed by atoms with Crippen LogP contribution in [0.2, 0.25) is 0 Å². The fourth-order valence-electron chi connectivity index (χ4n) is 2.09. The standard InChI is InChI=1S/C14H17N3O3/c1-17-13(19)10-6-5-9(8-11(10)14(17)20)16-12(18)4-2-3-7-15/h5-6,8H,2-4,7,15H2,1H3,(H,16,18). The smallest absolute Gasteiger partial charge is 0.261 e. The van der Waals surface area contributed by atoms with E-state index in [0.29, 0.717) is 29.8 Å². The molecule has 0 fully saturated rings. The zero-order valence-corrected chi connectivity index (χ0v) is 11.3. The molecule has 1 aromatic rings. The summed E-state index contributed by atoms with van der Waals surface area (Å²) in [5.74, 6) is -0.779. The molecule has 0 unspecified atom stereocenters. The van der Waals surface area contributed by atoms with Crippen LogP contribution >= 0.6 is 0 Å². The van der Waals surface area contributed by atoms with E-state index in [0.717, 1.165) is 17.7 Å². The third-order valence-corrected chi connectivity index (χ3v) is 3.23. The summed E-state index contributed by atoms with van der Waals surface area (Å²) in [5.41, 5.74) is 6.59. The lowest BCUT2D eigenvalue weighted by Crippen LogP contribution is -2.24. The normalized spacial score (nSPS) is 13.6. The third-order valence-electron chi connectivity index (χ3n) is 3.23. The first kappa shape index (κ1) is 14.2. The van der Waals surface area contributed by atoms with Crippen LogP contribution in [0.15, 0.2) is 18.2 Å². The molecule has 0 saturated carbocycles. The van der Waals surface area contributed by atoms with Crippen LogP contribution in [0.5, 0.6) is 0 Å². The summed E-state index contributed by atoms with van der Waals surface area (Å²) >= 11 is 0. The van der Waals surface area contributed by atoms with Gasteiger partial charge in [-0.2, -0.15) is 0 Å². The number of fused-ring (bicyclic) bond motifs is 1. The Balaban J connectivity index is 2.07. The number of unbranched alkanes of at least 4 members (excludes halogenated alkanes) is 1. The highest BCUT2D eigenvalue weighted by atomic mass is 16.2. The summed E-state index contributed by atoms with van der Waals surface area (Å²) in [6.07, 6.45) is 1.92. The highest BCUT2D eigenvalue weighted by molar-refractivity contribution is 6.21. The van der Waals surface area contributed by atoms with Gasteiger partial charge in [-0.3, -0.25) is 19.3 Å². The molecular formula is C14H17N3O3. The minimum absolute atomic E-state index is 0.122. The lowest BCUT2D eigenvalue weighted by Gasteiger charge is -2.06. The highest BCUT2D eigenvalue weighted by Crippen LogP contribution is 2.24. The molecule has 1 aliphatic rings. The van der Waals surface area contributed by atoms with E-state index in [1.165, 1.54) is 7.05 Å². The van der Waals surface area contributed by atoms with Crippen LogP contribution in [0.4, 0.5) is 5.69 Å². The van der Waals surface area contributed by atoms with Gasteiger partial charge in [0, 0.05) is 19.2 Å². The van der Waals surface area contributed by atoms with Crippen molar-refractivity contribution in [3.63, 3.8) is 0 Å². The van der Waals surface area contributed by atoms with Gasteiger partial charge in [-0.15, -0.1) is 0 Å². The van der Waals surface area contributed by atoms with Crippen molar-refractivity contribution < 1.29 is 14.4 Å². The first-order valence-corrected chi connectivity index (χ1v) is 6.51. The maximum atomic E-state index is 11.8. The van der Waals surface area contributed by atoms with Crippen molar-refractivity contribution in [2.75, 3.05) is 18.9 Å². The molecule has 0 saturated heterocycles. The van der Waals surface area contributed by atoms with E-state index < -0.39 is 0 Å². The molecule has 6 nitrogen and oxygen atoms in total. The first-order chi connectivity index (χ1) is 9.54. The molecular weight excluding hydrogens is 258 g/mol. The van der Waals surface area contributed by atoms with Gasteiger partial charge in [-0.05, 0) is 37.6 Å². The molecule has 1 aromatic carbocycles. The maximum absolute atomic E-state index is 11.8. The van der Waals surface area contributed by atoms with E-state index in [4.69, 9.17) is 5.73 Å². The topological polar surface area (TPSA) is 92.5 Å². The number of nitrogens with zero attached hydrogens (tertiary/aromatic N) is 1. The summed E-state index contributed by atoms with van der Waals surface area (Å²) in [4.78, 5) is 36.3. The number of hydrogen-bond donors (Lipinski definition) is 2. The zero-order valence-electron chi connectivity index (χ0n) is 11.3. The second kappa shape index (κ2) is 5.83. The molecule has 2 rings (SSSR count). The lowest BCUT2D eigenvalue weighted by molar-refractivity contribution is -0.116. The molecule has 20 heavy (non-hydrogen) atoms. The fourth-order valence-corrected chi connectivity index (χ4v) is 2.09. The Labute approximate surface area is 116 Å². The van der Waals surface area contributed by atoms with E-state index >= 15 is 0 Å². The van der Waals surface area contributed by atoms with Gasteiger partial charge in [-0.25, -0.2) is 0 Å². The van der Waals surface area contributed by atoms with Crippen molar-refractivity contribution in [2.24, 2.45) is 5.73 Å². The Kier molecular flexibility index (Phi) is 4.14. The third kappa shape index (κ3) is 2.70. The van der Waals surface area contributed by atoms with Gasteiger partial charge in [0.1, 0.15) is 0 Å². The van der Waals surface area contributed by atoms with Crippen molar-refractivity contribution in [1.29, 1.82) is 0 Å². The largest absolute Gasteiger partial charge is 0.330 e. The summed E-state index contributed by atoms with van der Waals surface area (Å²) in [6, 6.07) is 4.73. The Bertz CT molecular complexity index is 569. The Morgan fingerprint density at radius 3 is 2.60 bits per heavy atom. The number of imide groups is 1. The van der Waals surface area contributed by atoms with Gasteiger partial charge in [-0.1, -0.05) is 0 Å². The molecule has 106 valence electrons. The van der Waals surface area contributed by atoms with Crippen LogP contribution in [0.3, 0.4) is 0 Å². The number of nitrogens with one attached hydrogen (secondary N) is 1. The van der Waals surface area contributed by atoms with Gasteiger partial charge < -0.3 is 11.1 Å². The van der Waals surface area contributed by atoms with Crippen molar-refractivity contribution in [3.05, 3.63) is 29.3 Å². The fraction of sp³-hybridized carbons (Fsp3) is 0.357. The van der Waals surface area contributed by atoms with Crippen molar-refractivity contribution >= 4 is 23.4 Å². The second-order valence-electron chi connectivity index (χ2n) is 4.72. The monoisotopic (exact) mass is 275 g/mol. The number of nitrogens with two attached hydrogens (primary N) is 1. The molecule has 1 aliphatic heterocycles. The van der Waals surface area contributed by atoms with Crippen LogP contribution < -0.4 is 11.1 Å². The molecule has 0 radical (unpaired) electrons. The molecule has 3 amide bonds. The van der Waals surface area contributed by atoms with Crippen molar-refractivity contribution in [1.82, 2.24) is 4.90 Å². The molecule has 6 heteroatoms. The average molecular weight is 275 g/mol. The van der Waals surface area contributed by atoms with Crippen LogP contribution in [-0.4, -0.2) is 36.2 Å². The van der Waals surface area contributed by atoms with Crippen LogP contribution in [0.25, 0.3) is 0 Å². The molecule has 1 heterocycles. The van der Waals surface area contributed by atoms with Gasteiger partial charge in [0.2, 0.25) is 5.91 Å². The van der Waals surface area contributed by atoms with Gasteiger partial charge >= 0.3 is 0 Å². The van der Waals surface area contributed by atoms with E-state index in [-0.39, 0.29) is 17.7 Å². The quantitative estimate of drug-likeness (QED) is 0.619. The maximum Gasteiger partial charge on any atom is 0.261 e. The van der Waals surface area contributed by atoms with Gasteiger partial charge in [0.05, 0.1) is 11.1 Å². The molecule has 0 aromatic heterocycles. The molecule has 3 N–H and O–H groups in total. The van der Waals surface area contributed by atoms with Crippen molar-refractivity contribution in [3.8, 4) is 0 Å². The predicted octanol–water partition coefficient (Wildman–Crippen LogP) is 0.980. The van der Waals surface area contributed by atoms with Crippen molar-refractivity contribution in [2.45, 2.75) is 19.3 Å². The number of carbonyl (C=O) groups is 3. The number of benzene rings is 1. The molecule has 0 aliphatic carbocycles. The number of carbonyl (C=O) groups excluding carboxylic acids is 3.